The van der Waals surface area contributed by atoms with E-state index in [1.807, 2.05) is 18.2 Å². The van der Waals surface area contributed by atoms with Crippen LogP contribution in [0.2, 0.25) is 0 Å². The summed E-state index contributed by atoms with van der Waals surface area (Å²) in [4.78, 5) is 10.6. The topological polar surface area (TPSA) is 73.6 Å². The quantitative estimate of drug-likeness (QED) is 0.876. The Morgan fingerprint density at radius 3 is 3.00 bits per heavy atom. The third-order valence-corrected chi connectivity index (χ3v) is 3.01. The molecule has 1 aromatic carbocycles. The molecule has 1 N–H and O–H groups in total. The molecule has 1 aromatic heterocycles. The van der Waals surface area contributed by atoms with Gasteiger partial charge in [0, 0.05) is 11.6 Å². The maximum atomic E-state index is 10.6. The number of carboxylic acids is 1. The number of hydrogen-bond donors (Lipinski definition) is 1. The van der Waals surface area contributed by atoms with Crippen molar-refractivity contribution in [3.63, 3.8) is 0 Å². The zero-order valence-electron chi connectivity index (χ0n) is 10.3. The van der Waals surface area contributed by atoms with Crippen LogP contribution in [0.4, 0.5) is 0 Å². The lowest BCUT2D eigenvalue weighted by atomic mass is 10.2. The molecule has 7 heteroatoms. The van der Waals surface area contributed by atoms with Crippen molar-refractivity contribution >= 4 is 32.8 Å². The number of carboxylic acid groups (broad SMARTS) is 1. The first kappa shape index (κ1) is 13.8. The van der Waals surface area contributed by atoms with E-state index in [9.17, 15) is 4.79 Å². The van der Waals surface area contributed by atoms with E-state index in [0.29, 0.717) is 19.0 Å². The molecule has 0 spiro atoms. The summed E-state index contributed by atoms with van der Waals surface area (Å²) in [5.74, 6) is -0.718. The Kier molecular flexibility index (Phi) is 4.39. The van der Waals surface area contributed by atoms with Gasteiger partial charge in [-0.1, -0.05) is 15.9 Å². The number of aliphatic carboxylic acids is 1. The summed E-state index contributed by atoms with van der Waals surface area (Å²) < 4.78 is 12.8. The number of aromatic nitrogens is 2. The lowest BCUT2D eigenvalue weighted by Gasteiger charge is -2.01. The van der Waals surface area contributed by atoms with E-state index >= 15 is 0 Å². The van der Waals surface area contributed by atoms with Gasteiger partial charge in [0.2, 0.25) is 5.88 Å². The monoisotopic (exact) mass is 328 g/mol. The molecule has 2 aromatic rings. The molecule has 0 radical (unpaired) electrons. The van der Waals surface area contributed by atoms with Crippen molar-refractivity contribution < 1.29 is 19.4 Å². The Balaban J connectivity index is 2.38. The van der Waals surface area contributed by atoms with Crippen LogP contribution >= 0.6 is 15.9 Å². The summed E-state index contributed by atoms with van der Waals surface area (Å²) in [7, 11) is 1.62. The first-order chi connectivity index (χ1) is 9.11. The van der Waals surface area contributed by atoms with Gasteiger partial charge in [0.1, 0.15) is 0 Å². The lowest BCUT2D eigenvalue weighted by Crippen LogP contribution is -2.10. The Bertz CT molecular complexity index is 597. The van der Waals surface area contributed by atoms with E-state index in [2.05, 4.69) is 21.0 Å². The SMILES string of the molecule is COCCn1nc(OCC(=O)O)c2cc(Br)ccc21. The molecular weight excluding hydrogens is 316 g/mol. The van der Waals surface area contributed by atoms with E-state index in [1.165, 1.54) is 0 Å². The van der Waals surface area contributed by atoms with E-state index in [-0.39, 0.29) is 0 Å². The van der Waals surface area contributed by atoms with Gasteiger partial charge in [0.25, 0.3) is 0 Å². The first-order valence-corrected chi connectivity index (χ1v) is 6.40. The molecule has 0 aliphatic carbocycles. The number of rotatable bonds is 6. The number of halogens is 1. The normalized spacial score (nSPS) is 10.8. The second kappa shape index (κ2) is 6.03. The van der Waals surface area contributed by atoms with E-state index < -0.39 is 12.6 Å². The Hall–Kier alpha value is -1.60. The molecule has 0 bridgehead atoms. The van der Waals surface area contributed by atoms with Gasteiger partial charge in [0.15, 0.2) is 6.61 Å². The number of ether oxygens (including phenoxy) is 2. The maximum absolute atomic E-state index is 10.6. The molecule has 6 nitrogen and oxygen atoms in total. The van der Waals surface area contributed by atoms with Crippen molar-refractivity contribution in [2.45, 2.75) is 6.54 Å². The van der Waals surface area contributed by atoms with Crippen LogP contribution in [-0.2, 0) is 16.1 Å². The summed E-state index contributed by atoms with van der Waals surface area (Å²) in [6.07, 6.45) is 0. The summed E-state index contributed by atoms with van der Waals surface area (Å²) in [5, 5.41) is 13.7. The van der Waals surface area contributed by atoms with Gasteiger partial charge in [-0.05, 0) is 18.2 Å². The molecule has 1 heterocycles. The van der Waals surface area contributed by atoms with Crippen molar-refractivity contribution in [2.75, 3.05) is 20.3 Å². The largest absolute Gasteiger partial charge is 0.479 e. The molecule has 0 atom stereocenters. The molecular formula is C12H13BrN2O4. The molecule has 0 fully saturated rings. The lowest BCUT2D eigenvalue weighted by molar-refractivity contribution is -0.139. The zero-order valence-corrected chi connectivity index (χ0v) is 11.9. The highest BCUT2D eigenvalue weighted by molar-refractivity contribution is 9.10. The summed E-state index contributed by atoms with van der Waals surface area (Å²) in [6, 6.07) is 5.65. The molecule has 0 unspecified atom stereocenters. The predicted molar refractivity (Wildman–Crippen MR) is 72.4 cm³/mol. The molecule has 0 aliphatic rings. The molecule has 0 amide bonds. The van der Waals surface area contributed by atoms with E-state index in [1.54, 1.807) is 11.8 Å². The van der Waals surface area contributed by atoms with Gasteiger partial charge in [-0.2, -0.15) is 0 Å². The van der Waals surface area contributed by atoms with Crippen molar-refractivity contribution in [1.82, 2.24) is 9.78 Å². The highest BCUT2D eigenvalue weighted by Crippen LogP contribution is 2.28. The van der Waals surface area contributed by atoms with Gasteiger partial charge in [-0.15, -0.1) is 5.10 Å². The fraction of sp³-hybridized carbons (Fsp3) is 0.333. The number of carbonyl (C=O) groups is 1. The van der Waals surface area contributed by atoms with Crippen LogP contribution in [0.25, 0.3) is 10.9 Å². The average Bonchev–Trinajstić information content (AvgIpc) is 2.71. The van der Waals surface area contributed by atoms with Gasteiger partial charge < -0.3 is 14.6 Å². The molecule has 2 rings (SSSR count). The van der Waals surface area contributed by atoms with Gasteiger partial charge >= 0.3 is 5.97 Å². The molecule has 0 aliphatic heterocycles. The van der Waals surface area contributed by atoms with Gasteiger partial charge in [0.05, 0.1) is 24.1 Å². The predicted octanol–water partition coefficient (Wildman–Crippen LogP) is 1.91. The van der Waals surface area contributed by atoms with Gasteiger partial charge in [-0.3, -0.25) is 4.68 Å². The second-order valence-corrected chi connectivity index (χ2v) is 4.78. The van der Waals surface area contributed by atoms with Crippen LogP contribution in [0.15, 0.2) is 22.7 Å². The molecule has 0 saturated carbocycles. The van der Waals surface area contributed by atoms with Gasteiger partial charge in [-0.25, -0.2) is 4.79 Å². The zero-order chi connectivity index (χ0) is 13.8. The van der Waals surface area contributed by atoms with Crippen molar-refractivity contribution in [2.24, 2.45) is 0 Å². The Morgan fingerprint density at radius 1 is 1.53 bits per heavy atom. The fourth-order valence-electron chi connectivity index (χ4n) is 1.71. The third kappa shape index (κ3) is 3.24. The highest BCUT2D eigenvalue weighted by atomic mass is 79.9. The third-order valence-electron chi connectivity index (χ3n) is 2.52. The van der Waals surface area contributed by atoms with Crippen LogP contribution in [-0.4, -0.2) is 41.2 Å². The summed E-state index contributed by atoms with van der Waals surface area (Å²) >= 11 is 3.37. The number of benzene rings is 1. The van der Waals surface area contributed by atoms with Crippen molar-refractivity contribution in [3.8, 4) is 5.88 Å². The van der Waals surface area contributed by atoms with E-state index in [4.69, 9.17) is 14.6 Å². The Labute approximate surface area is 118 Å². The van der Waals surface area contributed by atoms with Crippen molar-refractivity contribution in [3.05, 3.63) is 22.7 Å². The smallest absolute Gasteiger partial charge is 0.341 e. The average molecular weight is 329 g/mol. The summed E-state index contributed by atoms with van der Waals surface area (Å²) in [5.41, 5.74) is 0.876. The van der Waals surface area contributed by atoms with Crippen LogP contribution < -0.4 is 4.74 Å². The van der Waals surface area contributed by atoms with Crippen LogP contribution in [0.3, 0.4) is 0 Å². The van der Waals surface area contributed by atoms with Crippen LogP contribution in [0, 0.1) is 0 Å². The fourth-order valence-corrected chi connectivity index (χ4v) is 2.07. The summed E-state index contributed by atoms with van der Waals surface area (Å²) in [6.45, 7) is 0.680. The van der Waals surface area contributed by atoms with E-state index in [0.717, 1.165) is 15.4 Å². The minimum Gasteiger partial charge on any atom is -0.479 e. The van der Waals surface area contributed by atoms with Crippen molar-refractivity contribution in [1.29, 1.82) is 0 Å². The van der Waals surface area contributed by atoms with Crippen LogP contribution in [0.5, 0.6) is 5.88 Å². The molecule has 102 valence electrons. The Morgan fingerprint density at radius 2 is 2.32 bits per heavy atom. The molecule has 19 heavy (non-hydrogen) atoms. The first-order valence-electron chi connectivity index (χ1n) is 5.61. The standard InChI is InChI=1S/C12H13BrN2O4/c1-18-5-4-15-10-3-2-8(13)6-9(10)12(14-15)19-7-11(16)17/h2-3,6H,4-5,7H2,1H3,(H,16,17). The number of nitrogens with zero attached hydrogens (tertiary/aromatic N) is 2. The minimum absolute atomic E-state index is 0.315. The highest BCUT2D eigenvalue weighted by Gasteiger charge is 2.13. The number of hydrogen-bond acceptors (Lipinski definition) is 4. The minimum atomic E-state index is -1.03. The number of fused-ring (bicyclic) bond motifs is 1. The maximum Gasteiger partial charge on any atom is 0.341 e. The van der Waals surface area contributed by atoms with Crippen LogP contribution in [0.1, 0.15) is 0 Å². The second-order valence-electron chi connectivity index (χ2n) is 3.86. The number of methoxy groups -OCH3 is 1. The molecule has 0 saturated heterocycles.